The topological polar surface area (TPSA) is 138 Å². The van der Waals surface area contributed by atoms with Crippen molar-refractivity contribution < 1.29 is 28.7 Å². The minimum absolute atomic E-state index is 0.0165. The number of rotatable bonds is 17. The molecule has 0 saturated heterocycles. The van der Waals surface area contributed by atoms with E-state index in [2.05, 4.69) is 21.3 Å². The van der Waals surface area contributed by atoms with Crippen molar-refractivity contribution in [3.05, 3.63) is 58.6 Å². The molecule has 0 radical (unpaired) electrons. The second-order valence-electron chi connectivity index (χ2n) is 10.8. The molecule has 2 aromatic carbocycles. The number of methoxy groups -OCH3 is 1. The van der Waals surface area contributed by atoms with Gasteiger partial charge in [0, 0.05) is 25.2 Å². The van der Waals surface area contributed by atoms with Crippen LogP contribution >= 0.6 is 11.6 Å². The summed E-state index contributed by atoms with van der Waals surface area (Å²) in [6.07, 6.45) is 0.525. The Morgan fingerprint density at radius 1 is 0.930 bits per heavy atom. The van der Waals surface area contributed by atoms with Crippen LogP contribution in [0.5, 0.6) is 11.5 Å². The molecule has 12 heteroatoms. The lowest BCUT2D eigenvalue weighted by molar-refractivity contribution is -0.140. The third kappa shape index (κ3) is 12.1. The molecule has 0 spiro atoms. The number of nitrogens with zero attached hydrogens (tertiary/aromatic N) is 1. The SMILES string of the molecule is CCC(NC(=O)C(CC(C)C)NC(=O)NCc1ccc(OCCN(C)C)cc1)C(=O)C(=O)NCc1cccc(Cl)c1OC. The lowest BCUT2D eigenvalue weighted by Crippen LogP contribution is -2.55. The van der Waals surface area contributed by atoms with E-state index >= 15 is 0 Å². The first kappa shape index (κ1) is 35.4. The number of Topliss-reactive ketones (excluding diaryl/α,β-unsaturated/α-hetero) is 1. The highest BCUT2D eigenvalue weighted by Crippen LogP contribution is 2.28. The summed E-state index contributed by atoms with van der Waals surface area (Å²) >= 11 is 6.13. The van der Waals surface area contributed by atoms with Crippen molar-refractivity contribution in [3.63, 3.8) is 0 Å². The quantitative estimate of drug-likeness (QED) is 0.200. The highest BCUT2D eigenvalue weighted by Gasteiger charge is 2.29. The maximum atomic E-state index is 13.2. The van der Waals surface area contributed by atoms with E-state index in [1.165, 1.54) is 7.11 Å². The summed E-state index contributed by atoms with van der Waals surface area (Å²) in [7, 11) is 5.41. The number of nitrogens with one attached hydrogen (secondary N) is 4. The van der Waals surface area contributed by atoms with Gasteiger partial charge in [-0.25, -0.2) is 4.79 Å². The number of hydrogen-bond acceptors (Lipinski definition) is 7. The Hall–Kier alpha value is -3.83. The molecule has 0 aromatic heterocycles. The van der Waals surface area contributed by atoms with Crippen LogP contribution in [0.4, 0.5) is 4.79 Å². The Labute approximate surface area is 259 Å². The second kappa shape index (κ2) is 18.0. The molecule has 0 saturated carbocycles. The second-order valence-corrected chi connectivity index (χ2v) is 11.2. The van der Waals surface area contributed by atoms with Crippen LogP contribution < -0.4 is 30.7 Å². The van der Waals surface area contributed by atoms with Gasteiger partial charge >= 0.3 is 6.03 Å². The van der Waals surface area contributed by atoms with Crippen LogP contribution in [0.15, 0.2) is 42.5 Å². The van der Waals surface area contributed by atoms with Crippen LogP contribution in [-0.2, 0) is 27.5 Å². The van der Waals surface area contributed by atoms with Gasteiger partial charge in [0.1, 0.15) is 24.1 Å². The molecule has 0 aliphatic heterocycles. The Morgan fingerprint density at radius 3 is 2.23 bits per heavy atom. The summed E-state index contributed by atoms with van der Waals surface area (Å²) in [4.78, 5) is 53.4. The summed E-state index contributed by atoms with van der Waals surface area (Å²) in [6, 6.07) is 9.97. The van der Waals surface area contributed by atoms with Gasteiger partial charge in [-0.1, -0.05) is 56.6 Å². The van der Waals surface area contributed by atoms with Gasteiger partial charge in [0.15, 0.2) is 0 Å². The van der Waals surface area contributed by atoms with E-state index in [4.69, 9.17) is 21.1 Å². The number of likely N-dealkylation sites (N-methyl/N-ethyl adjacent to an activating group) is 1. The van der Waals surface area contributed by atoms with Crippen LogP contribution in [0, 0.1) is 5.92 Å². The zero-order chi connectivity index (χ0) is 31.9. The van der Waals surface area contributed by atoms with Gasteiger partial charge in [-0.3, -0.25) is 14.4 Å². The van der Waals surface area contributed by atoms with Crippen molar-refractivity contribution in [3.8, 4) is 11.5 Å². The standard InChI is InChI=1S/C31H44ClN5O6/c1-7-25(27(38)30(40)33-19-22-9-8-10-24(32)28(22)42-6)35-29(39)26(17-20(2)3)36-31(41)34-18-21-11-13-23(14-12-21)43-16-15-37(4)5/h8-14,20,25-26H,7,15-19H2,1-6H3,(H,33,40)(H,35,39)(H2,34,36,41). The lowest BCUT2D eigenvalue weighted by Gasteiger charge is -2.23. The molecule has 236 valence electrons. The van der Waals surface area contributed by atoms with E-state index in [-0.39, 0.29) is 25.4 Å². The molecule has 2 unspecified atom stereocenters. The molecule has 0 fully saturated rings. The third-order valence-corrected chi connectivity index (χ3v) is 6.77. The lowest BCUT2D eigenvalue weighted by atomic mass is 10.0. The number of benzene rings is 2. The van der Waals surface area contributed by atoms with Gasteiger partial charge in [-0.05, 0) is 56.6 Å². The molecule has 43 heavy (non-hydrogen) atoms. The normalized spacial score (nSPS) is 12.3. The van der Waals surface area contributed by atoms with E-state index in [1.807, 2.05) is 57.1 Å². The van der Waals surface area contributed by atoms with E-state index in [0.717, 1.165) is 17.9 Å². The van der Waals surface area contributed by atoms with Gasteiger partial charge < -0.3 is 35.6 Å². The molecule has 2 aromatic rings. The largest absolute Gasteiger partial charge is 0.495 e. The highest BCUT2D eigenvalue weighted by atomic mass is 35.5. The summed E-state index contributed by atoms with van der Waals surface area (Å²) in [6.45, 7) is 7.15. The van der Waals surface area contributed by atoms with Gasteiger partial charge in [0.05, 0.1) is 18.2 Å². The van der Waals surface area contributed by atoms with Gasteiger partial charge in [-0.15, -0.1) is 0 Å². The number of ketones is 1. The Bertz CT molecular complexity index is 1220. The van der Waals surface area contributed by atoms with Crippen LogP contribution in [0.2, 0.25) is 5.02 Å². The van der Waals surface area contributed by atoms with Crippen molar-refractivity contribution in [2.75, 3.05) is 34.4 Å². The molecule has 11 nitrogen and oxygen atoms in total. The molecule has 2 rings (SSSR count). The average Bonchev–Trinajstić information content (AvgIpc) is 2.97. The maximum Gasteiger partial charge on any atom is 0.315 e. The molecule has 0 aliphatic rings. The predicted octanol–water partition coefficient (Wildman–Crippen LogP) is 3.28. The van der Waals surface area contributed by atoms with E-state index in [1.54, 1.807) is 25.1 Å². The maximum absolute atomic E-state index is 13.2. The number of halogens is 1. The fourth-order valence-electron chi connectivity index (χ4n) is 4.11. The molecule has 4 N–H and O–H groups in total. The minimum atomic E-state index is -1.06. The van der Waals surface area contributed by atoms with Crippen LogP contribution in [0.3, 0.4) is 0 Å². The van der Waals surface area contributed by atoms with Crippen LogP contribution in [0.1, 0.15) is 44.7 Å². The zero-order valence-corrected chi connectivity index (χ0v) is 26.5. The van der Waals surface area contributed by atoms with Crippen LogP contribution in [-0.4, -0.2) is 75.0 Å². The molecule has 0 heterocycles. The van der Waals surface area contributed by atoms with E-state index in [0.29, 0.717) is 29.4 Å². The fraction of sp³-hybridized carbons (Fsp3) is 0.484. The van der Waals surface area contributed by atoms with Gasteiger partial charge in [0.2, 0.25) is 11.7 Å². The first-order chi connectivity index (χ1) is 20.4. The highest BCUT2D eigenvalue weighted by molar-refractivity contribution is 6.38. The van der Waals surface area contributed by atoms with Gasteiger partial charge in [0.25, 0.3) is 5.91 Å². The average molecular weight is 618 g/mol. The summed E-state index contributed by atoms with van der Waals surface area (Å²) < 4.78 is 11.0. The van der Waals surface area contributed by atoms with E-state index < -0.39 is 35.7 Å². The molecule has 4 amide bonds. The van der Waals surface area contributed by atoms with E-state index in [9.17, 15) is 19.2 Å². The molecule has 0 bridgehead atoms. The van der Waals surface area contributed by atoms with Crippen molar-refractivity contribution in [1.29, 1.82) is 0 Å². The Morgan fingerprint density at radius 2 is 1.63 bits per heavy atom. The van der Waals surface area contributed by atoms with Crippen molar-refractivity contribution >= 4 is 35.2 Å². The zero-order valence-electron chi connectivity index (χ0n) is 25.8. The molecular weight excluding hydrogens is 574 g/mol. The predicted molar refractivity (Wildman–Crippen MR) is 166 cm³/mol. The Kier molecular flexibility index (Phi) is 14.8. The number of hydrogen-bond donors (Lipinski definition) is 4. The fourth-order valence-corrected chi connectivity index (χ4v) is 4.38. The summed E-state index contributed by atoms with van der Waals surface area (Å²) in [5.41, 5.74) is 1.46. The third-order valence-electron chi connectivity index (χ3n) is 6.47. The van der Waals surface area contributed by atoms with Crippen molar-refractivity contribution in [2.24, 2.45) is 5.92 Å². The van der Waals surface area contributed by atoms with Gasteiger partial charge in [-0.2, -0.15) is 0 Å². The number of carbonyl (C=O) groups excluding carboxylic acids is 4. The smallest absolute Gasteiger partial charge is 0.315 e. The van der Waals surface area contributed by atoms with Crippen LogP contribution in [0.25, 0.3) is 0 Å². The van der Waals surface area contributed by atoms with Crippen molar-refractivity contribution in [1.82, 2.24) is 26.2 Å². The molecule has 0 aliphatic carbocycles. The number of urea groups is 1. The number of amides is 4. The Balaban J connectivity index is 1.93. The number of para-hydroxylation sites is 1. The molecule has 2 atom stereocenters. The number of ether oxygens (including phenoxy) is 2. The minimum Gasteiger partial charge on any atom is -0.495 e. The summed E-state index contributed by atoms with van der Waals surface area (Å²) in [5, 5.41) is 11.0. The van der Waals surface area contributed by atoms with Crippen molar-refractivity contribution in [2.45, 2.75) is 58.8 Å². The summed E-state index contributed by atoms with van der Waals surface area (Å²) in [5.74, 6) is -0.982. The number of carbonyl (C=O) groups is 4. The monoisotopic (exact) mass is 617 g/mol. The first-order valence-electron chi connectivity index (χ1n) is 14.3. The first-order valence-corrected chi connectivity index (χ1v) is 14.7. The molecular formula is C31H44ClN5O6.